The highest BCUT2D eigenvalue weighted by Gasteiger charge is 2.19. The molecule has 6 nitrogen and oxygen atoms in total. The Labute approximate surface area is 92.6 Å². The van der Waals surface area contributed by atoms with Crippen LogP contribution in [0.15, 0.2) is 23.5 Å². The van der Waals surface area contributed by atoms with Crippen molar-refractivity contribution in [2.45, 2.75) is 0 Å². The molecule has 0 spiro atoms. The number of hydrogen-bond donors (Lipinski definition) is 4. The molecule has 0 unspecified atom stereocenters. The molecule has 4 N–H and O–H groups in total. The standard InChI is InChI=1S/C10H14N2O4/c13-3-1-11-7-5-10(16)8(6-9(7)15)12-2-4-14/h5-6,11-14H,1-4H2. The number of carbonyl (C=O) groups is 2. The van der Waals surface area contributed by atoms with Crippen LogP contribution in [0.4, 0.5) is 0 Å². The average Bonchev–Trinajstić information content (AvgIpc) is 2.28. The number of allylic oxidation sites excluding steroid dienone is 2. The Bertz CT molecular complexity index is 313. The predicted molar refractivity (Wildman–Crippen MR) is 56.4 cm³/mol. The van der Waals surface area contributed by atoms with E-state index in [4.69, 9.17) is 10.2 Å². The van der Waals surface area contributed by atoms with Crippen LogP contribution in [0, 0.1) is 0 Å². The van der Waals surface area contributed by atoms with E-state index >= 15 is 0 Å². The summed E-state index contributed by atoms with van der Waals surface area (Å²) < 4.78 is 0. The van der Waals surface area contributed by atoms with Crippen LogP contribution in [0.5, 0.6) is 0 Å². The maximum Gasteiger partial charge on any atom is 0.203 e. The number of aliphatic hydroxyl groups excluding tert-OH is 2. The van der Waals surface area contributed by atoms with Crippen LogP contribution in [0.2, 0.25) is 0 Å². The van der Waals surface area contributed by atoms with E-state index in [1.807, 2.05) is 0 Å². The largest absolute Gasteiger partial charge is 0.395 e. The van der Waals surface area contributed by atoms with Gasteiger partial charge in [0.2, 0.25) is 11.6 Å². The van der Waals surface area contributed by atoms with E-state index in [1.54, 1.807) is 0 Å². The molecule has 0 radical (unpaired) electrons. The molecule has 88 valence electrons. The van der Waals surface area contributed by atoms with Crippen molar-refractivity contribution >= 4 is 11.6 Å². The second kappa shape index (κ2) is 6.04. The highest BCUT2D eigenvalue weighted by Crippen LogP contribution is 2.07. The molecule has 0 atom stereocenters. The summed E-state index contributed by atoms with van der Waals surface area (Å²) in [6, 6.07) is 0. The van der Waals surface area contributed by atoms with Gasteiger partial charge in [0, 0.05) is 25.2 Å². The van der Waals surface area contributed by atoms with Crippen LogP contribution in [-0.4, -0.2) is 48.1 Å². The van der Waals surface area contributed by atoms with E-state index in [1.165, 1.54) is 12.2 Å². The SMILES string of the molecule is O=C1C=C(NCCO)C(=O)C=C1NCCO. The Hall–Kier alpha value is -1.66. The van der Waals surface area contributed by atoms with Crippen molar-refractivity contribution in [2.75, 3.05) is 26.3 Å². The van der Waals surface area contributed by atoms with Crippen molar-refractivity contribution in [3.8, 4) is 0 Å². The fourth-order valence-corrected chi connectivity index (χ4v) is 1.22. The third kappa shape index (κ3) is 3.18. The van der Waals surface area contributed by atoms with Crippen LogP contribution in [-0.2, 0) is 9.59 Å². The first-order valence-corrected chi connectivity index (χ1v) is 4.90. The van der Waals surface area contributed by atoms with Crippen molar-refractivity contribution in [3.63, 3.8) is 0 Å². The van der Waals surface area contributed by atoms with Gasteiger partial charge in [-0.1, -0.05) is 0 Å². The fraction of sp³-hybridized carbons (Fsp3) is 0.400. The number of rotatable bonds is 6. The second-order valence-corrected chi connectivity index (χ2v) is 3.15. The van der Waals surface area contributed by atoms with Gasteiger partial charge in [0.25, 0.3) is 0 Å². The zero-order chi connectivity index (χ0) is 12.0. The van der Waals surface area contributed by atoms with Gasteiger partial charge >= 0.3 is 0 Å². The Kier molecular flexibility index (Phi) is 4.68. The van der Waals surface area contributed by atoms with Gasteiger partial charge in [-0.15, -0.1) is 0 Å². The van der Waals surface area contributed by atoms with E-state index in [2.05, 4.69) is 10.6 Å². The number of carbonyl (C=O) groups excluding carboxylic acids is 2. The lowest BCUT2D eigenvalue weighted by molar-refractivity contribution is -0.115. The van der Waals surface area contributed by atoms with Crippen LogP contribution in [0.1, 0.15) is 0 Å². The third-order valence-corrected chi connectivity index (χ3v) is 1.94. The van der Waals surface area contributed by atoms with E-state index < -0.39 is 0 Å². The molecule has 0 saturated carbocycles. The molecule has 0 fully saturated rings. The predicted octanol–water partition coefficient (Wildman–Crippen LogP) is -1.93. The lowest BCUT2D eigenvalue weighted by Crippen LogP contribution is -2.31. The molecule has 0 aromatic heterocycles. The summed E-state index contributed by atoms with van der Waals surface area (Å²) in [5.74, 6) is -0.651. The zero-order valence-electron chi connectivity index (χ0n) is 8.69. The van der Waals surface area contributed by atoms with E-state index in [0.29, 0.717) is 0 Å². The monoisotopic (exact) mass is 226 g/mol. The van der Waals surface area contributed by atoms with Crippen molar-refractivity contribution in [2.24, 2.45) is 0 Å². The molecule has 0 aliphatic heterocycles. The quantitative estimate of drug-likeness (QED) is 0.394. The fourth-order valence-electron chi connectivity index (χ4n) is 1.22. The van der Waals surface area contributed by atoms with Gasteiger partial charge in [-0.05, 0) is 0 Å². The number of ketones is 2. The Morgan fingerprint density at radius 2 is 1.25 bits per heavy atom. The van der Waals surface area contributed by atoms with Gasteiger partial charge < -0.3 is 20.8 Å². The van der Waals surface area contributed by atoms with Crippen LogP contribution >= 0.6 is 0 Å². The van der Waals surface area contributed by atoms with Gasteiger partial charge in [-0.25, -0.2) is 0 Å². The maximum atomic E-state index is 11.5. The Balaban J connectivity index is 2.64. The van der Waals surface area contributed by atoms with Gasteiger partial charge in [0.1, 0.15) is 0 Å². The third-order valence-electron chi connectivity index (χ3n) is 1.94. The molecule has 0 aromatic rings. The van der Waals surface area contributed by atoms with Crippen LogP contribution in [0.3, 0.4) is 0 Å². The highest BCUT2D eigenvalue weighted by atomic mass is 16.3. The topological polar surface area (TPSA) is 98.7 Å². The molecule has 0 saturated heterocycles. The van der Waals surface area contributed by atoms with Crippen molar-refractivity contribution in [1.29, 1.82) is 0 Å². The second-order valence-electron chi connectivity index (χ2n) is 3.15. The first-order valence-electron chi connectivity index (χ1n) is 4.90. The van der Waals surface area contributed by atoms with Crippen molar-refractivity contribution in [3.05, 3.63) is 23.5 Å². The van der Waals surface area contributed by atoms with Crippen LogP contribution in [0.25, 0.3) is 0 Å². The minimum absolute atomic E-state index is 0.113. The van der Waals surface area contributed by atoms with Crippen molar-refractivity contribution in [1.82, 2.24) is 10.6 Å². The zero-order valence-corrected chi connectivity index (χ0v) is 8.69. The van der Waals surface area contributed by atoms with Gasteiger partial charge in [-0.3, -0.25) is 9.59 Å². The molecule has 1 aliphatic rings. The van der Waals surface area contributed by atoms with E-state index in [0.717, 1.165) is 0 Å². The summed E-state index contributed by atoms with van der Waals surface area (Å²) >= 11 is 0. The van der Waals surface area contributed by atoms with Gasteiger partial charge in [0.05, 0.1) is 24.6 Å². The molecular weight excluding hydrogens is 212 g/mol. The lowest BCUT2D eigenvalue weighted by atomic mass is 10.1. The summed E-state index contributed by atoms with van der Waals surface area (Å²) in [5, 5.41) is 22.4. The molecule has 0 bridgehead atoms. The minimum atomic E-state index is -0.325. The van der Waals surface area contributed by atoms with Crippen molar-refractivity contribution < 1.29 is 19.8 Å². The number of aliphatic hydroxyl groups is 2. The Morgan fingerprint density at radius 1 is 0.875 bits per heavy atom. The molecule has 0 heterocycles. The molecule has 0 aromatic carbocycles. The summed E-state index contributed by atoms with van der Waals surface area (Å²) in [4.78, 5) is 23.0. The summed E-state index contributed by atoms with van der Waals surface area (Å²) in [7, 11) is 0. The van der Waals surface area contributed by atoms with E-state index in [9.17, 15) is 9.59 Å². The van der Waals surface area contributed by atoms with E-state index in [-0.39, 0.29) is 49.3 Å². The first-order chi connectivity index (χ1) is 7.69. The summed E-state index contributed by atoms with van der Waals surface area (Å²) in [6.45, 7) is 0.215. The molecule has 1 rings (SSSR count). The number of nitrogens with one attached hydrogen (secondary N) is 2. The summed E-state index contributed by atoms with van der Waals surface area (Å²) in [6.07, 6.45) is 2.36. The lowest BCUT2D eigenvalue weighted by Gasteiger charge is -2.14. The molecule has 1 aliphatic carbocycles. The minimum Gasteiger partial charge on any atom is -0.395 e. The Morgan fingerprint density at radius 3 is 1.56 bits per heavy atom. The molecule has 6 heteroatoms. The maximum absolute atomic E-state index is 11.5. The molecule has 0 amide bonds. The highest BCUT2D eigenvalue weighted by molar-refractivity contribution is 6.19. The number of hydrogen-bond acceptors (Lipinski definition) is 6. The first kappa shape index (κ1) is 12.4. The average molecular weight is 226 g/mol. The summed E-state index contributed by atoms with van der Waals surface area (Å²) in [5.41, 5.74) is 0.349. The molecular formula is C10H14N2O4. The van der Waals surface area contributed by atoms with Crippen LogP contribution < -0.4 is 10.6 Å². The van der Waals surface area contributed by atoms with Gasteiger partial charge in [-0.2, -0.15) is 0 Å². The van der Waals surface area contributed by atoms with Gasteiger partial charge in [0.15, 0.2) is 0 Å². The molecule has 16 heavy (non-hydrogen) atoms. The normalized spacial score (nSPS) is 15.6. The smallest absolute Gasteiger partial charge is 0.203 e.